The highest BCUT2D eigenvalue weighted by Crippen LogP contribution is 2.31. The Bertz CT molecular complexity index is 1550. The Balaban J connectivity index is 1.44. The molecule has 0 spiro atoms. The first-order valence-electron chi connectivity index (χ1n) is 10.9. The molecular formula is C27H24N4O3. The number of methoxy groups -OCH3 is 1. The zero-order valence-electron chi connectivity index (χ0n) is 19.2. The van der Waals surface area contributed by atoms with E-state index in [0.717, 1.165) is 22.4 Å². The van der Waals surface area contributed by atoms with Crippen molar-refractivity contribution in [3.8, 4) is 28.3 Å². The lowest BCUT2D eigenvalue weighted by Crippen LogP contribution is -2.23. The van der Waals surface area contributed by atoms with Crippen molar-refractivity contribution in [1.29, 1.82) is 0 Å². The van der Waals surface area contributed by atoms with Gasteiger partial charge in [0.25, 0.3) is 0 Å². The standard InChI is InChI=1S/C27H24N4O3/c1-18-15-21(22-12-11-19-7-4-5-8-20(19)16-22)13-14-25(18)34-17-23-24(9-6-10-26(23)33-3)31-27(32)30(2)28-29-31/h4-16H,17H2,1-3H3. The van der Waals surface area contributed by atoms with Crippen molar-refractivity contribution in [2.75, 3.05) is 7.11 Å². The summed E-state index contributed by atoms with van der Waals surface area (Å²) in [5.74, 6) is 1.37. The van der Waals surface area contributed by atoms with Crippen molar-refractivity contribution < 1.29 is 9.47 Å². The van der Waals surface area contributed by atoms with Crippen LogP contribution in [0.4, 0.5) is 0 Å². The Kier molecular flexibility index (Phi) is 5.59. The van der Waals surface area contributed by atoms with Crippen molar-refractivity contribution in [2.45, 2.75) is 13.5 Å². The molecule has 0 saturated carbocycles. The first-order valence-corrected chi connectivity index (χ1v) is 10.9. The molecule has 0 fully saturated rings. The molecule has 0 aliphatic heterocycles. The predicted molar refractivity (Wildman–Crippen MR) is 132 cm³/mol. The number of tetrazole rings is 1. The number of ether oxygens (including phenoxy) is 2. The zero-order valence-corrected chi connectivity index (χ0v) is 19.2. The van der Waals surface area contributed by atoms with E-state index in [9.17, 15) is 4.79 Å². The summed E-state index contributed by atoms with van der Waals surface area (Å²) in [6, 6.07) is 26.4. The number of aryl methyl sites for hydroxylation is 2. The van der Waals surface area contributed by atoms with Gasteiger partial charge in [-0.25, -0.2) is 4.79 Å². The van der Waals surface area contributed by atoms with Crippen LogP contribution in [0.15, 0.2) is 83.7 Å². The van der Waals surface area contributed by atoms with Gasteiger partial charge in [-0.05, 0) is 75.1 Å². The van der Waals surface area contributed by atoms with Crippen LogP contribution in [0.25, 0.3) is 27.6 Å². The second-order valence-corrected chi connectivity index (χ2v) is 8.09. The summed E-state index contributed by atoms with van der Waals surface area (Å²) in [4.78, 5) is 12.4. The van der Waals surface area contributed by atoms with Gasteiger partial charge in [0.15, 0.2) is 0 Å². The molecule has 4 aromatic carbocycles. The summed E-state index contributed by atoms with van der Waals surface area (Å²) in [6.07, 6.45) is 0. The van der Waals surface area contributed by atoms with Crippen LogP contribution in [0.2, 0.25) is 0 Å². The fraction of sp³-hybridized carbons (Fsp3) is 0.148. The topological polar surface area (TPSA) is 71.2 Å². The summed E-state index contributed by atoms with van der Waals surface area (Å²) in [5, 5.41) is 10.2. The molecule has 0 atom stereocenters. The largest absolute Gasteiger partial charge is 0.496 e. The maximum atomic E-state index is 12.4. The fourth-order valence-corrected chi connectivity index (χ4v) is 4.06. The minimum Gasteiger partial charge on any atom is -0.496 e. The Labute approximate surface area is 196 Å². The van der Waals surface area contributed by atoms with Gasteiger partial charge >= 0.3 is 5.69 Å². The van der Waals surface area contributed by atoms with E-state index in [0.29, 0.717) is 17.0 Å². The molecular weight excluding hydrogens is 428 g/mol. The van der Waals surface area contributed by atoms with Crippen LogP contribution in [0.1, 0.15) is 11.1 Å². The van der Waals surface area contributed by atoms with E-state index in [1.807, 2.05) is 31.2 Å². The molecule has 1 heterocycles. The number of rotatable bonds is 6. The number of hydrogen-bond donors (Lipinski definition) is 0. The van der Waals surface area contributed by atoms with Gasteiger partial charge in [0.1, 0.15) is 18.1 Å². The van der Waals surface area contributed by atoms with Crippen molar-refractivity contribution in [3.63, 3.8) is 0 Å². The molecule has 0 N–H and O–H groups in total. The van der Waals surface area contributed by atoms with E-state index < -0.39 is 0 Å². The quantitative estimate of drug-likeness (QED) is 0.374. The van der Waals surface area contributed by atoms with Crippen LogP contribution in [0.3, 0.4) is 0 Å². The van der Waals surface area contributed by atoms with E-state index in [2.05, 4.69) is 59.0 Å². The Morgan fingerprint density at radius 1 is 0.824 bits per heavy atom. The van der Waals surface area contributed by atoms with Gasteiger partial charge in [-0.1, -0.05) is 48.5 Å². The third-order valence-corrected chi connectivity index (χ3v) is 5.91. The summed E-state index contributed by atoms with van der Waals surface area (Å²) in [5.41, 5.74) is 4.24. The molecule has 0 amide bonds. The lowest BCUT2D eigenvalue weighted by molar-refractivity contribution is 0.294. The number of hydrogen-bond acceptors (Lipinski definition) is 5. The predicted octanol–water partition coefficient (Wildman–Crippen LogP) is 4.68. The van der Waals surface area contributed by atoms with Gasteiger partial charge in [-0.3, -0.25) is 0 Å². The molecule has 0 bridgehead atoms. The smallest absolute Gasteiger partial charge is 0.368 e. The normalized spacial score (nSPS) is 11.0. The molecule has 1 aromatic heterocycles. The molecule has 5 aromatic rings. The second kappa shape index (κ2) is 8.86. The van der Waals surface area contributed by atoms with Crippen molar-refractivity contribution in [2.24, 2.45) is 7.05 Å². The summed E-state index contributed by atoms with van der Waals surface area (Å²) >= 11 is 0. The van der Waals surface area contributed by atoms with E-state index in [1.54, 1.807) is 20.2 Å². The average molecular weight is 453 g/mol. The Morgan fingerprint density at radius 2 is 1.59 bits per heavy atom. The minimum absolute atomic E-state index is 0.207. The number of benzene rings is 4. The lowest BCUT2D eigenvalue weighted by atomic mass is 9.99. The molecule has 0 aliphatic carbocycles. The van der Waals surface area contributed by atoms with E-state index in [-0.39, 0.29) is 12.3 Å². The summed E-state index contributed by atoms with van der Waals surface area (Å²) in [7, 11) is 3.15. The number of fused-ring (bicyclic) bond motifs is 1. The third kappa shape index (κ3) is 3.92. The van der Waals surface area contributed by atoms with Crippen molar-refractivity contribution >= 4 is 10.8 Å². The molecule has 5 rings (SSSR count). The van der Waals surface area contributed by atoms with Crippen LogP contribution in [-0.4, -0.2) is 26.9 Å². The monoisotopic (exact) mass is 452 g/mol. The molecule has 7 nitrogen and oxygen atoms in total. The summed E-state index contributed by atoms with van der Waals surface area (Å²) < 4.78 is 14.1. The maximum Gasteiger partial charge on any atom is 0.368 e. The Morgan fingerprint density at radius 3 is 2.32 bits per heavy atom. The lowest BCUT2D eigenvalue weighted by Gasteiger charge is -2.15. The van der Waals surface area contributed by atoms with Crippen molar-refractivity contribution in [3.05, 3.63) is 100 Å². The summed E-state index contributed by atoms with van der Waals surface area (Å²) in [6.45, 7) is 2.23. The van der Waals surface area contributed by atoms with Gasteiger partial charge < -0.3 is 9.47 Å². The molecule has 7 heteroatoms. The van der Waals surface area contributed by atoms with Crippen LogP contribution in [0, 0.1) is 6.92 Å². The van der Waals surface area contributed by atoms with Crippen LogP contribution >= 0.6 is 0 Å². The van der Waals surface area contributed by atoms with Gasteiger partial charge in [-0.2, -0.15) is 9.36 Å². The van der Waals surface area contributed by atoms with Crippen LogP contribution in [-0.2, 0) is 13.7 Å². The fourth-order valence-electron chi connectivity index (χ4n) is 4.06. The molecule has 0 unspecified atom stereocenters. The first-order chi connectivity index (χ1) is 16.5. The van der Waals surface area contributed by atoms with Crippen LogP contribution in [0.5, 0.6) is 11.5 Å². The van der Waals surface area contributed by atoms with Crippen molar-refractivity contribution in [1.82, 2.24) is 19.8 Å². The highest BCUT2D eigenvalue weighted by molar-refractivity contribution is 5.87. The van der Waals surface area contributed by atoms with Gasteiger partial charge in [0.2, 0.25) is 0 Å². The number of aromatic nitrogens is 4. The third-order valence-electron chi connectivity index (χ3n) is 5.91. The average Bonchev–Trinajstić information content (AvgIpc) is 3.20. The minimum atomic E-state index is -0.342. The van der Waals surface area contributed by atoms with Gasteiger partial charge in [0, 0.05) is 7.05 Å². The molecule has 0 radical (unpaired) electrons. The first kappa shape index (κ1) is 21.5. The highest BCUT2D eigenvalue weighted by Gasteiger charge is 2.16. The van der Waals surface area contributed by atoms with Crippen LogP contribution < -0.4 is 15.2 Å². The van der Waals surface area contributed by atoms with Gasteiger partial charge in [-0.15, -0.1) is 0 Å². The zero-order chi connectivity index (χ0) is 23.7. The molecule has 0 aliphatic rings. The SMILES string of the molecule is COc1cccc(-n2nnn(C)c2=O)c1COc1ccc(-c2ccc3ccccc3c2)cc1C. The van der Waals surface area contributed by atoms with E-state index in [4.69, 9.17) is 9.47 Å². The highest BCUT2D eigenvalue weighted by atomic mass is 16.5. The van der Waals surface area contributed by atoms with Gasteiger partial charge in [0.05, 0.1) is 18.4 Å². The van der Waals surface area contributed by atoms with E-state index >= 15 is 0 Å². The second-order valence-electron chi connectivity index (χ2n) is 8.09. The Hall–Kier alpha value is -4.39. The maximum absolute atomic E-state index is 12.4. The molecule has 34 heavy (non-hydrogen) atoms. The van der Waals surface area contributed by atoms with E-state index in [1.165, 1.54) is 20.1 Å². The number of nitrogens with zero attached hydrogens (tertiary/aromatic N) is 4. The molecule has 170 valence electrons. The molecule has 0 saturated heterocycles.